The summed E-state index contributed by atoms with van der Waals surface area (Å²) in [5, 5.41) is 21.9. The number of rotatable bonds is 4. The number of hydrogen-bond donors (Lipinski definition) is 2. The molecule has 2 aliphatic heterocycles. The molecule has 0 radical (unpaired) electrons. The van der Waals surface area contributed by atoms with E-state index in [1.54, 1.807) is 18.3 Å². The Kier molecular flexibility index (Phi) is 6.11. The summed E-state index contributed by atoms with van der Waals surface area (Å²) in [7, 11) is 0. The minimum absolute atomic E-state index is 0.216. The zero-order valence-corrected chi connectivity index (χ0v) is 19.1. The molecule has 0 unspecified atom stereocenters. The van der Waals surface area contributed by atoms with Crippen molar-refractivity contribution in [3.05, 3.63) is 94.3 Å². The number of benzene rings is 2. The summed E-state index contributed by atoms with van der Waals surface area (Å²) in [5.74, 6) is 0.969. The molecule has 1 saturated heterocycles. The van der Waals surface area contributed by atoms with Gasteiger partial charge < -0.3 is 19.8 Å². The summed E-state index contributed by atoms with van der Waals surface area (Å²) in [4.78, 5) is 6.90. The third kappa shape index (κ3) is 4.62. The first-order valence-corrected chi connectivity index (χ1v) is 11.7. The minimum atomic E-state index is -0.792. The average molecular weight is 463 g/mol. The number of aromatic hydroxyl groups is 1. The zero-order valence-electron chi connectivity index (χ0n) is 18.4. The van der Waals surface area contributed by atoms with Gasteiger partial charge in [-0.3, -0.25) is 4.98 Å². The number of ether oxygens (including phenoxy) is 1. The van der Waals surface area contributed by atoms with Gasteiger partial charge in [-0.2, -0.15) is 0 Å². The molecular formula is C27H27ClN2O3. The first-order valence-electron chi connectivity index (χ1n) is 11.3. The molecule has 1 aromatic heterocycles. The molecule has 0 atom stereocenters. The van der Waals surface area contributed by atoms with Crippen LogP contribution in [0, 0.1) is 0 Å². The predicted octanol–water partition coefficient (Wildman–Crippen LogP) is 5.14. The molecule has 0 bridgehead atoms. The van der Waals surface area contributed by atoms with E-state index in [9.17, 15) is 10.2 Å². The third-order valence-electron chi connectivity index (χ3n) is 6.66. The highest BCUT2D eigenvalue weighted by molar-refractivity contribution is 6.30. The summed E-state index contributed by atoms with van der Waals surface area (Å²) >= 11 is 6.00. The standard InChI is InChI=1S/C27H27ClN2O3/c28-20-7-5-19(6-8-20)27(32)11-15-30(16-12-27)14-2-4-22-23-3-1-13-29-25(23)18-33-26-10-9-21(31)17-24(22)26/h1,3-10,13,17,31-32H,2,11-12,14-16,18H2. The lowest BCUT2D eigenvalue weighted by Crippen LogP contribution is -2.42. The Morgan fingerprint density at radius 2 is 1.85 bits per heavy atom. The van der Waals surface area contributed by atoms with E-state index in [-0.39, 0.29) is 5.75 Å². The van der Waals surface area contributed by atoms with Gasteiger partial charge in [-0.15, -0.1) is 0 Å². The fourth-order valence-electron chi connectivity index (χ4n) is 4.75. The number of nitrogens with zero attached hydrogens (tertiary/aromatic N) is 2. The van der Waals surface area contributed by atoms with Crippen molar-refractivity contribution in [2.45, 2.75) is 31.5 Å². The Morgan fingerprint density at radius 3 is 2.64 bits per heavy atom. The van der Waals surface area contributed by atoms with Crippen LogP contribution in [0.4, 0.5) is 0 Å². The zero-order chi connectivity index (χ0) is 22.8. The molecule has 1 fully saturated rings. The number of phenols is 1. The van der Waals surface area contributed by atoms with E-state index in [2.05, 4.69) is 22.0 Å². The van der Waals surface area contributed by atoms with E-state index in [1.807, 2.05) is 36.4 Å². The molecule has 5 nitrogen and oxygen atoms in total. The third-order valence-corrected chi connectivity index (χ3v) is 6.91. The maximum atomic E-state index is 11.1. The SMILES string of the molecule is Oc1ccc2c(c1)C(=CCCN1CCC(O)(c3ccc(Cl)cc3)CC1)c1cccnc1CO2. The molecule has 0 saturated carbocycles. The van der Waals surface area contributed by atoms with Crippen molar-refractivity contribution in [2.24, 2.45) is 0 Å². The van der Waals surface area contributed by atoms with Gasteiger partial charge in [0.05, 0.1) is 11.3 Å². The van der Waals surface area contributed by atoms with Crippen molar-refractivity contribution in [1.82, 2.24) is 9.88 Å². The quantitative estimate of drug-likeness (QED) is 0.562. The largest absolute Gasteiger partial charge is 0.508 e. The second kappa shape index (κ2) is 9.18. The Morgan fingerprint density at radius 1 is 1.06 bits per heavy atom. The maximum absolute atomic E-state index is 11.1. The van der Waals surface area contributed by atoms with Crippen molar-refractivity contribution in [3.63, 3.8) is 0 Å². The van der Waals surface area contributed by atoms with Gasteiger partial charge in [0.1, 0.15) is 18.1 Å². The molecule has 3 aromatic rings. The van der Waals surface area contributed by atoms with E-state index in [4.69, 9.17) is 16.3 Å². The van der Waals surface area contributed by atoms with Crippen molar-refractivity contribution < 1.29 is 14.9 Å². The number of hydrogen-bond acceptors (Lipinski definition) is 5. The number of aromatic nitrogens is 1. The molecule has 5 rings (SSSR count). The van der Waals surface area contributed by atoms with E-state index in [1.165, 1.54) is 0 Å². The topological polar surface area (TPSA) is 65.8 Å². The fraction of sp³-hybridized carbons (Fsp3) is 0.296. The van der Waals surface area contributed by atoms with Crippen molar-refractivity contribution >= 4 is 17.2 Å². The number of piperidine rings is 1. The normalized spacial score (nSPS) is 18.8. The number of halogens is 1. The van der Waals surface area contributed by atoms with Crippen molar-refractivity contribution in [2.75, 3.05) is 19.6 Å². The van der Waals surface area contributed by atoms with Gasteiger partial charge in [-0.1, -0.05) is 35.9 Å². The number of likely N-dealkylation sites (tertiary alicyclic amines) is 1. The molecule has 2 aromatic carbocycles. The van der Waals surface area contributed by atoms with E-state index >= 15 is 0 Å². The highest BCUT2D eigenvalue weighted by Gasteiger charge is 2.33. The summed E-state index contributed by atoms with van der Waals surface area (Å²) in [6.07, 6.45) is 6.24. The molecule has 6 heteroatoms. The molecular weight excluding hydrogens is 436 g/mol. The summed E-state index contributed by atoms with van der Waals surface area (Å²) in [6, 6.07) is 16.7. The van der Waals surface area contributed by atoms with Crippen LogP contribution in [-0.4, -0.2) is 39.7 Å². The lowest BCUT2D eigenvalue weighted by atomic mass is 9.84. The molecule has 2 aliphatic rings. The van der Waals surface area contributed by atoms with Crippen LogP contribution in [0.5, 0.6) is 11.5 Å². The second-order valence-corrected chi connectivity index (χ2v) is 9.19. The molecule has 3 heterocycles. The summed E-state index contributed by atoms with van der Waals surface area (Å²) in [5.41, 5.74) is 4.00. The second-order valence-electron chi connectivity index (χ2n) is 8.75. The van der Waals surface area contributed by atoms with Crippen LogP contribution < -0.4 is 4.74 Å². The first kappa shape index (κ1) is 22.0. The maximum Gasteiger partial charge on any atom is 0.131 e. The number of aliphatic hydroxyl groups is 1. The Labute approximate surface area is 198 Å². The summed E-state index contributed by atoms with van der Waals surface area (Å²) < 4.78 is 5.97. The van der Waals surface area contributed by atoms with Crippen LogP contribution in [0.3, 0.4) is 0 Å². The molecule has 2 N–H and O–H groups in total. The number of fused-ring (bicyclic) bond motifs is 2. The molecule has 0 amide bonds. The minimum Gasteiger partial charge on any atom is -0.508 e. The van der Waals surface area contributed by atoms with Gasteiger partial charge in [0.15, 0.2) is 0 Å². The number of phenolic OH excluding ortho intramolecular Hbond substituents is 1. The van der Waals surface area contributed by atoms with Crippen LogP contribution in [0.2, 0.25) is 5.02 Å². The molecule has 0 aliphatic carbocycles. The monoisotopic (exact) mass is 462 g/mol. The van der Waals surface area contributed by atoms with Gasteiger partial charge >= 0.3 is 0 Å². The lowest BCUT2D eigenvalue weighted by molar-refractivity contribution is -0.0254. The van der Waals surface area contributed by atoms with Gasteiger partial charge in [-0.25, -0.2) is 0 Å². The first-order chi connectivity index (χ1) is 16.0. The fourth-order valence-corrected chi connectivity index (χ4v) is 4.88. The molecule has 170 valence electrons. The van der Waals surface area contributed by atoms with Gasteiger partial charge in [0.2, 0.25) is 0 Å². The summed E-state index contributed by atoms with van der Waals surface area (Å²) in [6.45, 7) is 2.97. The molecule has 0 spiro atoms. The highest BCUT2D eigenvalue weighted by atomic mass is 35.5. The average Bonchev–Trinajstić information content (AvgIpc) is 2.98. The molecule has 33 heavy (non-hydrogen) atoms. The van der Waals surface area contributed by atoms with Crippen LogP contribution in [0.15, 0.2) is 66.9 Å². The number of pyridine rings is 1. The Hall–Kier alpha value is -2.86. The van der Waals surface area contributed by atoms with Crippen LogP contribution in [0.25, 0.3) is 5.57 Å². The van der Waals surface area contributed by atoms with Crippen LogP contribution in [0.1, 0.15) is 41.6 Å². The van der Waals surface area contributed by atoms with Crippen molar-refractivity contribution in [3.8, 4) is 11.5 Å². The lowest BCUT2D eigenvalue weighted by Gasteiger charge is -2.38. The Balaban J connectivity index is 1.30. The van der Waals surface area contributed by atoms with E-state index in [0.717, 1.165) is 59.8 Å². The van der Waals surface area contributed by atoms with Gasteiger partial charge in [0.25, 0.3) is 0 Å². The van der Waals surface area contributed by atoms with Crippen LogP contribution in [-0.2, 0) is 12.2 Å². The van der Waals surface area contributed by atoms with Crippen molar-refractivity contribution in [1.29, 1.82) is 0 Å². The van der Waals surface area contributed by atoms with Gasteiger partial charge in [-0.05, 0) is 66.8 Å². The van der Waals surface area contributed by atoms with Crippen LogP contribution >= 0.6 is 11.6 Å². The van der Waals surface area contributed by atoms with E-state index < -0.39 is 5.60 Å². The smallest absolute Gasteiger partial charge is 0.131 e. The highest BCUT2D eigenvalue weighted by Crippen LogP contribution is 2.38. The van der Waals surface area contributed by atoms with E-state index in [0.29, 0.717) is 24.5 Å². The Bertz CT molecular complexity index is 1170. The predicted molar refractivity (Wildman–Crippen MR) is 129 cm³/mol. The van der Waals surface area contributed by atoms with Gasteiger partial charge in [0, 0.05) is 42.0 Å².